The van der Waals surface area contributed by atoms with Gasteiger partial charge in [-0.25, -0.2) is 9.79 Å². The fraction of sp³-hybridized carbons (Fsp3) is 0.115. The minimum Gasteiger partial charge on any atom is -0.465 e. The van der Waals surface area contributed by atoms with Crippen LogP contribution in [0.5, 0.6) is 0 Å². The van der Waals surface area contributed by atoms with E-state index in [0.29, 0.717) is 15.6 Å². The third-order valence-electron chi connectivity index (χ3n) is 5.12. The van der Waals surface area contributed by atoms with E-state index in [9.17, 15) is 9.59 Å². The molecule has 5 nitrogen and oxygen atoms in total. The summed E-state index contributed by atoms with van der Waals surface area (Å²) < 4.78 is 4.74. The van der Waals surface area contributed by atoms with Crippen molar-refractivity contribution in [2.75, 3.05) is 7.11 Å². The fourth-order valence-electron chi connectivity index (χ4n) is 3.38. The van der Waals surface area contributed by atoms with Crippen molar-refractivity contribution in [1.29, 1.82) is 0 Å². The Bertz CT molecular complexity index is 1170. The molecule has 1 atom stereocenters. The number of hydrogen-bond donors (Lipinski definition) is 0. The summed E-state index contributed by atoms with van der Waals surface area (Å²) in [5.74, 6) is -0.492. The van der Waals surface area contributed by atoms with E-state index in [2.05, 4.69) is 0 Å². The SMILES string of the molecule is COC(=O)c1ccc(/C=C2/SC(=Nc3ccccc3)N([C@@H](C)c3ccccc3)C2=O)cc1. The zero-order valence-corrected chi connectivity index (χ0v) is 18.6. The summed E-state index contributed by atoms with van der Waals surface area (Å²) in [7, 11) is 1.35. The largest absolute Gasteiger partial charge is 0.465 e. The number of amidine groups is 1. The van der Waals surface area contributed by atoms with E-state index in [0.717, 1.165) is 16.8 Å². The molecule has 0 aromatic heterocycles. The molecule has 4 rings (SSSR count). The van der Waals surface area contributed by atoms with E-state index in [1.807, 2.05) is 73.7 Å². The lowest BCUT2D eigenvalue weighted by Gasteiger charge is -2.24. The molecule has 3 aromatic rings. The summed E-state index contributed by atoms with van der Waals surface area (Å²) in [5, 5.41) is 0.634. The molecule has 1 amide bonds. The predicted octanol–water partition coefficient (Wildman–Crippen LogP) is 5.84. The molecule has 160 valence electrons. The van der Waals surface area contributed by atoms with Crippen LogP contribution in [0, 0.1) is 0 Å². The maximum Gasteiger partial charge on any atom is 0.337 e. The summed E-state index contributed by atoms with van der Waals surface area (Å²) >= 11 is 1.35. The van der Waals surface area contributed by atoms with Crippen molar-refractivity contribution in [2.24, 2.45) is 4.99 Å². The van der Waals surface area contributed by atoms with E-state index in [1.165, 1.54) is 18.9 Å². The maximum absolute atomic E-state index is 13.4. The van der Waals surface area contributed by atoms with Gasteiger partial charge in [-0.1, -0.05) is 60.7 Å². The standard InChI is InChI=1S/C26H22N2O3S/c1-18(20-9-5-3-6-10-20)28-24(29)23(32-26(28)27-22-11-7-4-8-12-22)17-19-13-15-21(16-14-19)25(30)31-2/h3-18H,1-2H3/b23-17+,27-26?/t18-/m0/s1. The molecule has 1 fully saturated rings. The number of nitrogens with zero attached hydrogens (tertiary/aromatic N) is 2. The van der Waals surface area contributed by atoms with Gasteiger partial charge in [-0.15, -0.1) is 0 Å². The number of thioether (sulfide) groups is 1. The quantitative estimate of drug-likeness (QED) is 0.368. The Labute approximate surface area is 191 Å². The van der Waals surface area contributed by atoms with E-state index >= 15 is 0 Å². The lowest BCUT2D eigenvalue weighted by atomic mass is 10.1. The number of methoxy groups -OCH3 is 1. The number of ether oxygens (including phenoxy) is 1. The summed E-state index contributed by atoms with van der Waals surface area (Å²) in [4.78, 5) is 32.2. The number of esters is 1. The van der Waals surface area contributed by atoms with Crippen molar-refractivity contribution in [1.82, 2.24) is 4.90 Å². The highest BCUT2D eigenvalue weighted by Crippen LogP contribution is 2.39. The second-order valence-corrected chi connectivity index (χ2v) is 8.23. The zero-order valence-electron chi connectivity index (χ0n) is 17.8. The lowest BCUT2D eigenvalue weighted by Crippen LogP contribution is -2.32. The highest BCUT2D eigenvalue weighted by Gasteiger charge is 2.37. The number of benzene rings is 3. The first-order chi connectivity index (χ1) is 15.6. The van der Waals surface area contributed by atoms with Crippen LogP contribution in [0.3, 0.4) is 0 Å². The number of hydrogen-bond acceptors (Lipinski definition) is 5. The van der Waals surface area contributed by atoms with Gasteiger partial charge < -0.3 is 4.74 Å². The number of amides is 1. The summed E-state index contributed by atoms with van der Waals surface area (Å²) in [5.41, 5.74) is 3.11. The van der Waals surface area contributed by atoms with Gasteiger partial charge in [0.25, 0.3) is 5.91 Å². The smallest absolute Gasteiger partial charge is 0.337 e. The van der Waals surface area contributed by atoms with E-state index in [4.69, 9.17) is 9.73 Å². The molecule has 3 aromatic carbocycles. The molecule has 1 aliphatic heterocycles. The maximum atomic E-state index is 13.4. The van der Waals surface area contributed by atoms with Gasteiger partial charge in [0.15, 0.2) is 5.17 Å². The van der Waals surface area contributed by atoms with Gasteiger partial charge in [0.1, 0.15) is 0 Å². The van der Waals surface area contributed by atoms with Crippen LogP contribution in [-0.2, 0) is 9.53 Å². The summed E-state index contributed by atoms with van der Waals surface area (Å²) in [6, 6.07) is 26.3. The molecule has 0 aliphatic carbocycles. The van der Waals surface area contributed by atoms with Crippen molar-refractivity contribution in [3.05, 3.63) is 107 Å². The number of carbonyl (C=O) groups is 2. The molecule has 0 radical (unpaired) electrons. The molecule has 1 aliphatic rings. The van der Waals surface area contributed by atoms with Crippen molar-refractivity contribution < 1.29 is 14.3 Å². The van der Waals surface area contributed by atoms with Crippen LogP contribution in [0.15, 0.2) is 94.8 Å². The molecule has 32 heavy (non-hydrogen) atoms. The van der Waals surface area contributed by atoms with Crippen LogP contribution in [0.25, 0.3) is 6.08 Å². The molecule has 0 N–H and O–H groups in total. The minimum absolute atomic E-state index is 0.0990. The van der Waals surface area contributed by atoms with Gasteiger partial charge >= 0.3 is 5.97 Å². The second-order valence-electron chi connectivity index (χ2n) is 7.22. The lowest BCUT2D eigenvalue weighted by molar-refractivity contribution is -0.123. The number of carbonyl (C=O) groups excluding carboxylic acids is 2. The number of aliphatic imine (C=N–C) groups is 1. The molecule has 0 saturated carbocycles. The molecule has 0 bridgehead atoms. The number of para-hydroxylation sites is 1. The normalized spacial score (nSPS) is 17.1. The van der Waals surface area contributed by atoms with Gasteiger partial charge in [0, 0.05) is 0 Å². The minimum atomic E-state index is -0.393. The molecule has 6 heteroatoms. The molecule has 0 spiro atoms. The Hall–Kier alpha value is -3.64. The van der Waals surface area contributed by atoms with Gasteiger partial charge in [-0.3, -0.25) is 9.69 Å². The van der Waals surface area contributed by atoms with Crippen molar-refractivity contribution in [3.63, 3.8) is 0 Å². The Morgan fingerprint density at radius 3 is 2.22 bits per heavy atom. The van der Waals surface area contributed by atoms with Crippen molar-refractivity contribution in [3.8, 4) is 0 Å². The van der Waals surface area contributed by atoms with Gasteiger partial charge in [0.05, 0.1) is 29.3 Å². The molecular formula is C26H22N2O3S. The molecule has 1 heterocycles. The van der Waals surface area contributed by atoms with Crippen LogP contribution < -0.4 is 0 Å². The van der Waals surface area contributed by atoms with Gasteiger partial charge in [-0.2, -0.15) is 0 Å². The van der Waals surface area contributed by atoms with Crippen molar-refractivity contribution in [2.45, 2.75) is 13.0 Å². The average Bonchev–Trinajstić information content (AvgIpc) is 3.14. The summed E-state index contributed by atoms with van der Waals surface area (Å²) in [6.07, 6.45) is 1.83. The topological polar surface area (TPSA) is 59.0 Å². The van der Waals surface area contributed by atoms with Crippen LogP contribution in [0.1, 0.15) is 34.5 Å². The molecule has 0 unspecified atom stereocenters. The molecular weight excluding hydrogens is 420 g/mol. The molecule has 1 saturated heterocycles. The zero-order chi connectivity index (χ0) is 22.5. The first kappa shape index (κ1) is 21.6. The fourth-order valence-corrected chi connectivity index (χ4v) is 4.45. The Morgan fingerprint density at radius 1 is 0.969 bits per heavy atom. The third kappa shape index (κ3) is 4.65. The number of rotatable bonds is 5. The third-order valence-corrected chi connectivity index (χ3v) is 6.10. The Morgan fingerprint density at radius 2 is 1.59 bits per heavy atom. The van der Waals surface area contributed by atoms with Crippen LogP contribution in [-0.4, -0.2) is 29.1 Å². The Balaban J connectivity index is 1.69. The first-order valence-corrected chi connectivity index (χ1v) is 11.0. The summed E-state index contributed by atoms with van der Waals surface area (Å²) in [6.45, 7) is 2.00. The van der Waals surface area contributed by atoms with Crippen LogP contribution in [0.4, 0.5) is 5.69 Å². The predicted molar refractivity (Wildman–Crippen MR) is 129 cm³/mol. The van der Waals surface area contributed by atoms with Gasteiger partial charge in [0.2, 0.25) is 0 Å². The van der Waals surface area contributed by atoms with Crippen LogP contribution in [0.2, 0.25) is 0 Å². The van der Waals surface area contributed by atoms with E-state index in [-0.39, 0.29) is 11.9 Å². The monoisotopic (exact) mass is 442 g/mol. The van der Waals surface area contributed by atoms with Crippen LogP contribution >= 0.6 is 11.8 Å². The second kappa shape index (κ2) is 9.66. The average molecular weight is 443 g/mol. The van der Waals surface area contributed by atoms with E-state index < -0.39 is 5.97 Å². The highest BCUT2D eigenvalue weighted by molar-refractivity contribution is 8.18. The van der Waals surface area contributed by atoms with E-state index in [1.54, 1.807) is 29.2 Å². The first-order valence-electron chi connectivity index (χ1n) is 10.2. The van der Waals surface area contributed by atoms with Gasteiger partial charge in [-0.05, 0) is 60.2 Å². The highest BCUT2D eigenvalue weighted by atomic mass is 32.2. The Kier molecular flexibility index (Phi) is 6.52. The van der Waals surface area contributed by atoms with Crippen molar-refractivity contribution >= 4 is 40.6 Å².